The summed E-state index contributed by atoms with van der Waals surface area (Å²) in [5, 5.41) is 9.60. The van der Waals surface area contributed by atoms with Crippen molar-refractivity contribution in [2.45, 2.75) is 0 Å². The molecule has 2 heteroatoms. The molecular formula is C30H17BrO. The monoisotopic (exact) mass is 472 g/mol. The van der Waals surface area contributed by atoms with Gasteiger partial charge in [0.2, 0.25) is 0 Å². The Morgan fingerprint density at radius 2 is 0.969 bits per heavy atom. The van der Waals surface area contributed by atoms with Crippen LogP contribution in [0.15, 0.2) is 112 Å². The fourth-order valence-corrected chi connectivity index (χ4v) is 5.81. The Balaban J connectivity index is 1.77. The van der Waals surface area contributed by atoms with E-state index in [9.17, 15) is 0 Å². The highest BCUT2D eigenvalue weighted by atomic mass is 79.9. The second-order valence-electron chi connectivity index (χ2n) is 8.22. The van der Waals surface area contributed by atoms with E-state index in [1.165, 1.54) is 38.1 Å². The Morgan fingerprint density at radius 3 is 1.62 bits per heavy atom. The van der Waals surface area contributed by atoms with Crippen LogP contribution in [0.25, 0.3) is 65.4 Å². The summed E-state index contributed by atoms with van der Waals surface area (Å²) in [6.45, 7) is 0. The van der Waals surface area contributed by atoms with Gasteiger partial charge in [-0.05, 0) is 66.1 Å². The minimum Gasteiger partial charge on any atom is -0.455 e. The molecule has 0 aliphatic carbocycles. The van der Waals surface area contributed by atoms with Crippen molar-refractivity contribution in [1.82, 2.24) is 0 Å². The molecule has 1 heterocycles. The van der Waals surface area contributed by atoms with Gasteiger partial charge in [0.05, 0.1) is 0 Å². The summed E-state index contributed by atoms with van der Waals surface area (Å²) in [7, 11) is 0. The van der Waals surface area contributed by atoms with Gasteiger partial charge in [-0.15, -0.1) is 0 Å². The molecule has 32 heavy (non-hydrogen) atoms. The summed E-state index contributed by atoms with van der Waals surface area (Å²) in [5.41, 5.74) is 4.38. The van der Waals surface area contributed by atoms with Crippen molar-refractivity contribution in [3.63, 3.8) is 0 Å². The summed E-state index contributed by atoms with van der Waals surface area (Å²) in [4.78, 5) is 0. The lowest BCUT2D eigenvalue weighted by Gasteiger charge is -2.16. The zero-order valence-corrected chi connectivity index (χ0v) is 18.7. The molecule has 0 aliphatic heterocycles. The topological polar surface area (TPSA) is 13.1 Å². The number of benzene rings is 6. The lowest BCUT2D eigenvalue weighted by Crippen LogP contribution is -1.89. The molecule has 0 spiro atoms. The predicted molar refractivity (Wildman–Crippen MR) is 139 cm³/mol. The van der Waals surface area contributed by atoms with Gasteiger partial charge in [-0.2, -0.15) is 0 Å². The van der Waals surface area contributed by atoms with Gasteiger partial charge in [0.1, 0.15) is 11.2 Å². The van der Waals surface area contributed by atoms with Gasteiger partial charge in [0, 0.05) is 20.6 Å². The molecule has 0 N–H and O–H groups in total. The largest absolute Gasteiger partial charge is 0.455 e. The summed E-state index contributed by atoms with van der Waals surface area (Å²) >= 11 is 3.89. The van der Waals surface area contributed by atoms with E-state index >= 15 is 0 Å². The highest BCUT2D eigenvalue weighted by molar-refractivity contribution is 9.10. The number of rotatable bonds is 1. The van der Waals surface area contributed by atoms with Gasteiger partial charge >= 0.3 is 0 Å². The number of furan rings is 1. The first-order valence-corrected chi connectivity index (χ1v) is 11.5. The Bertz CT molecular complexity index is 1780. The van der Waals surface area contributed by atoms with Crippen LogP contribution in [-0.4, -0.2) is 0 Å². The maximum atomic E-state index is 6.34. The molecule has 0 aliphatic rings. The SMILES string of the molecule is Brc1c2ccccc2c(-c2cc3c4ccccc4oc3c3ccccc23)c2ccccc12. The number of hydrogen-bond acceptors (Lipinski definition) is 1. The van der Waals surface area contributed by atoms with Crippen LogP contribution in [-0.2, 0) is 0 Å². The summed E-state index contributed by atoms with van der Waals surface area (Å²) in [6.07, 6.45) is 0. The smallest absolute Gasteiger partial charge is 0.143 e. The molecule has 0 atom stereocenters. The Kier molecular flexibility index (Phi) is 3.76. The van der Waals surface area contributed by atoms with Crippen molar-refractivity contribution in [1.29, 1.82) is 0 Å². The minimum absolute atomic E-state index is 0.926. The van der Waals surface area contributed by atoms with Gasteiger partial charge in [-0.1, -0.05) is 91.0 Å². The van der Waals surface area contributed by atoms with E-state index in [4.69, 9.17) is 4.42 Å². The lowest BCUT2D eigenvalue weighted by molar-refractivity contribution is 0.672. The van der Waals surface area contributed by atoms with Crippen LogP contribution in [0.3, 0.4) is 0 Å². The Morgan fingerprint density at radius 1 is 0.469 bits per heavy atom. The maximum absolute atomic E-state index is 6.34. The first-order valence-electron chi connectivity index (χ1n) is 10.7. The normalized spacial score (nSPS) is 11.9. The van der Waals surface area contributed by atoms with E-state index in [2.05, 4.69) is 107 Å². The van der Waals surface area contributed by atoms with Crippen LogP contribution in [0.1, 0.15) is 0 Å². The number of para-hydroxylation sites is 1. The van der Waals surface area contributed by atoms with Crippen molar-refractivity contribution in [3.8, 4) is 11.1 Å². The van der Waals surface area contributed by atoms with Crippen molar-refractivity contribution < 1.29 is 4.42 Å². The average Bonchev–Trinajstić information content (AvgIpc) is 3.23. The van der Waals surface area contributed by atoms with Crippen molar-refractivity contribution in [2.24, 2.45) is 0 Å². The average molecular weight is 473 g/mol. The van der Waals surface area contributed by atoms with Gasteiger partial charge < -0.3 is 4.42 Å². The van der Waals surface area contributed by atoms with E-state index in [0.29, 0.717) is 0 Å². The quantitative estimate of drug-likeness (QED) is 0.217. The molecule has 0 saturated heterocycles. The summed E-state index contributed by atoms with van der Waals surface area (Å²) < 4.78 is 7.49. The molecule has 0 amide bonds. The van der Waals surface area contributed by atoms with E-state index in [0.717, 1.165) is 31.8 Å². The fourth-order valence-electron chi connectivity index (χ4n) is 5.12. The van der Waals surface area contributed by atoms with E-state index < -0.39 is 0 Å². The molecule has 7 rings (SSSR count). The van der Waals surface area contributed by atoms with E-state index in [1.54, 1.807) is 0 Å². The van der Waals surface area contributed by atoms with Crippen molar-refractivity contribution in [3.05, 3.63) is 108 Å². The molecule has 6 aromatic carbocycles. The number of halogens is 1. The third kappa shape index (κ3) is 2.39. The lowest BCUT2D eigenvalue weighted by atomic mass is 9.88. The van der Waals surface area contributed by atoms with Crippen LogP contribution in [0, 0.1) is 0 Å². The molecule has 150 valence electrons. The second-order valence-corrected chi connectivity index (χ2v) is 9.02. The number of fused-ring (bicyclic) bond motifs is 7. The van der Waals surface area contributed by atoms with E-state index in [1.807, 2.05) is 12.1 Å². The summed E-state index contributed by atoms with van der Waals surface area (Å²) in [6, 6.07) is 36.6. The molecule has 0 unspecified atom stereocenters. The molecule has 0 bridgehead atoms. The van der Waals surface area contributed by atoms with E-state index in [-0.39, 0.29) is 0 Å². The van der Waals surface area contributed by atoms with Crippen LogP contribution in [0.4, 0.5) is 0 Å². The number of hydrogen-bond donors (Lipinski definition) is 0. The van der Waals surface area contributed by atoms with Gasteiger partial charge in [-0.25, -0.2) is 0 Å². The second kappa shape index (κ2) is 6.69. The predicted octanol–water partition coefficient (Wildman–Crippen LogP) is 9.48. The van der Waals surface area contributed by atoms with Crippen molar-refractivity contribution in [2.75, 3.05) is 0 Å². The molecule has 0 fully saturated rings. The van der Waals surface area contributed by atoms with Crippen molar-refractivity contribution >= 4 is 70.2 Å². The first-order chi connectivity index (χ1) is 15.8. The molecule has 1 nitrogen and oxygen atoms in total. The zero-order valence-electron chi connectivity index (χ0n) is 17.1. The molecule has 7 aromatic rings. The van der Waals surface area contributed by atoms with Gasteiger partial charge in [0.15, 0.2) is 0 Å². The maximum Gasteiger partial charge on any atom is 0.143 e. The zero-order chi connectivity index (χ0) is 21.2. The highest BCUT2D eigenvalue weighted by Crippen LogP contribution is 2.46. The fraction of sp³-hybridized carbons (Fsp3) is 0. The molecule has 1 aromatic heterocycles. The molecule has 0 radical (unpaired) electrons. The van der Waals surface area contributed by atoms with Gasteiger partial charge in [-0.3, -0.25) is 0 Å². The third-order valence-corrected chi connectivity index (χ3v) is 7.37. The minimum atomic E-state index is 0.926. The van der Waals surface area contributed by atoms with Gasteiger partial charge in [0.25, 0.3) is 0 Å². The molecule has 0 saturated carbocycles. The highest BCUT2D eigenvalue weighted by Gasteiger charge is 2.19. The van der Waals surface area contributed by atoms with Crippen LogP contribution < -0.4 is 0 Å². The first kappa shape index (κ1) is 18.0. The summed E-state index contributed by atoms with van der Waals surface area (Å²) in [5.74, 6) is 0. The van der Waals surface area contributed by atoms with Crippen LogP contribution in [0.5, 0.6) is 0 Å². The standard InChI is InChI=1S/C30H17BrO/c31-29-22-13-4-2-11-20(22)28(21-12-3-5-14-23(21)29)25-17-26-19-10-7-8-16-27(19)32-30(26)24-15-6-1-9-18(24)25/h1-17H. The Labute approximate surface area is 193 Å². The third-order valence-electron chi connectivity index (χ3n) is 6.52. The van der Waals surface area contributed by atoms with Crippen LogP contribution >= 0.6 is 15.9 Å². The van der Waals surface area contributed by atoms with Crippen LogP contribution in [0.2, 0.25) is 0 Å². The molecular weight excluding hydrogens is 456 g/mol. The Hall–Kier alpha value is -3.62.